The van der Waals surface area contributed by atoms with Gasteiger partial charge >= 0.3 is 0 Å². The van der Waals surface area contributed by atoms with Gasteiger partial charge in [0.1, 0.15) is 17.5 Å². The average Bonchev–Trinajstić information content (AvgIpc) is 3.32. The predicted molar refractivity (Wildman–Crippen MR) is 101 cm³/mol. The van der Waals surface area contributed by atoms with Gasteiger partial charge in [0, 0.05) is 24.1 Å². The van der Waals surface area contributed by atoms with Gasteiger partial charge in [-0.3, -0.25) is 9.59 Å². The van der Waals surface area contributed by atoms with E-state index in [2.05, 4.69) is 9.97 Å². The van der Waals surface area contributed by atoms with E-state index in [1.54, 1.807) is 23.2 Å². The van der Waals surface area contributed by atoms with Crippen LogP contribution in [-0.2, 0) is 6.42 Å². The molecule has 0 saturated carbocycles. The Bertz CT molecular complexity index is 1010. The second-order valence-electron chi connectivity index (χ2n) is 6.55. The van der Waals surface area contributed by atoms with Gasteiger partial charge < -0.3 is 14.3 Å². The summed E-state index contributed by atoms with van der Waals surface area (Å²) in [4.78, 5) is 33.0. The number of hydrogen-bond donors (Lipinski definition) is 1. The highest BCUT2D eigenvalue weighted by molar-refractivity contribution is 6.30. The van der Waals surface area contributed by atoms with E-state index >= 15 is 0 Å². The van der Waals surface area contributed by atoms with Crippen molar-refractivity contribution in [2.24, 2.45) is 0 Å². The molecule has 0 aliphatic carbocycles. The topological polar surface area (TPSA) is 79.2 Å². The van der Waals surface area contributed by atoms with Crippen LogP contribution in [0.25, 0.3) is 0 Å². The highest BCUT2D eigenvalue weighted by atomic mass is 35.5. The summed E-state index contributed by atoms with van der Waals surface area (Å²) in [6, 6.07) is 11.9. The molecule has 0 bridgehead atoms. The van der Waals surface area contributed by atoms with Crippen LogP contribution in [0.3, 0.4) is 0 Å². The van der Waals surface area contributed by atoms with Gasteiger partial charge in [-0.1, -0.05) is 29.8 Å². The lowest BCUT2D eigenvalue weighted by Crippen LogP contribution is -2.32. The number of carbonyl (C=O) groups is 1. The first-order valence-corrected chi connectivity index (χ1v) is 9.17. The van der Waals surface area contributed by atoms with Crippen LogP contribution < -0.4 is 5.56 Å². The molecular weight excluding hydrogens is 366 g/mol. The average molecular weight is 384 g/mol. The second-order valence-corrected chi connectivity index (χ2v) is 6.99. The summed E-state index contributed by atoms with van der Waals surface area (Å²) >= 11 is 5.92. The molecule has 4 rings (SSSR count). The number of rotatable bonds is 4. The molecular formula is C20H18ClN3O3. The molecule has 6 nitrogen and oxygen atoms in total. The van der Waals surface area contributed by atoms with Gasteiger partial charge in [0.05, 0.1) is 6.20 Å². The van der Waals surface area contributed by atoms with Gasteiger partial charge in [-0.25, -0.2) is 4.98 Å². The van der Waals surface area contributed by atoms with E-state index in [-0.39, 0.29) is 23.2 Å². The maximum Gasteiger partial charge on any atom is 0.271 e. The zero-order chi connectivity index (χ0) is 18.8. The van der Waals surface area contributed by atoms with Crippen LogP contribution in [0, 0.1) is 0 Å². The maximum atomic E-state index is 12.8. The Kier molecular flexibility index (Phi) is 4.81. The minimum absolute atomic E-state index is 0.215. The number of aromatic amines is 1. The fourth-order valence-corrected chi connectivity index (χ4v) is 3.48. The fraction of sp³-hybridized carbons (Fsp3) is 0.250. The van der Waals surface area contributed by atoms with Crippen LogP contribution in [0.5, 0.6) is 0 Å². The standard InChI is InChI=1S/C20H18ClN3O3/c21-14-8-6-13(7-9-14)11-15-12-22-19(27-15)17-4-2-10-24(17)20(26)16-3-1-5-18(25)23-16/h1,3,5-9,12,17H,2,4,10-11H2,(H,23,25). The Hall–Kier alpha value is -2.86. The van der Waals surface area contributed by atoms with Crippen molar-refractivity contribution in [3.63, 3.8) is 0 Å². The number of nitrogens with zero attached hydrogens (tertiary/aromatic N) is 2. The lowest BCUT2D eigenvalue weighted by Gasteiger charge is -2.22. The highest BCUT2D eigenvalue weighted by Crippen LogP contribution is 2.32. The minimum atomic E-state index is -0.294. The van der Waals surface area contributed by atoms with Crippen LogP contribution in [-0.4, -0.2) is 27.3 Å². The Morgan fingerprint density at radius 2 is 2.07 bits per heavy atom. The lowest BCUT2D eigenvalue weighted by atomic mass is 10.1. The van der Waals surface area contributed by atoms with E-state index < -0.39 is 0 Å². The largest absolute Gasteiger partial charge is 0.443 e. The van der Waals surface area contributed by atoms with Gasteiger partial charge in [-0.15, -0.1) is 0 Å². The molecule has 27 heavy (non-hydrogen) atoms. The summed E-state index contributed by atoms with van der Waals surface area (Å²) in [5, 5.41) is 0.691. The van der Waals surface area contributed by atoms with Gasteiger partial charge in [-0.2, -0.15) is 0 Å². The molecule has 7 heteroatoms. The molecule has 1 amide bonds. The smallest absolute Gasteiger partial charge is 0.271 e. The fourth-order valence-electron chi connectivity index (χ4n) is 3.36. The molecule has 3 aromatic rings. The van der Waals surface area contributed by atoms with E-state index in [9.17, 15) is 9.59 Å². The molecule has 1 aliphatic heterocycles. The number of benzene rings is 1. The molecule has 1 atom stereocenters. The first kappa shape index (κ1) is 17.5. The van der Waals surface area contributed by atoms with Crippen molar-refractivity contribution in [1.82, 2.24) is 14.9 Å². The number of hydrogen-bond acceptors (Lipinski definition) is 4. The molecule has 0 radical (unpaired) electrons. The zero-order valence-electron chi connectivity index (χ0n) is 14.5. The van der Waals surface area contributed by atoms with Crippen LogP contribution in [0.1, 0.15) is 46.6 Å². The molecule has 1 aliphatic rings. The van der Waals surface area contributed by atoms with E-state index in [1.165, 1.54) is 6.07 Å². The van der Waals surface area contributed by atoms with Crippen LogP contribution in [0.2, 0.25) is 5.02 Å². The molecule has 1 unspecified atom stereocenters. The van der Waals surface area contributed by atoms with E-state index in [1.807, 2.05) is 24.3 Å². The Morgan fingerprint density at radius 3 is 2.85 bits per heavy atom. The molecule has 1 aromatic carbocycles. The first-order chi connectivity index (χ1) is 13.1. The second kappa shape index (κ2) is 7.40. The van der Waals surface area contributed by atoms with Gasteiger partial charge in [-0.05, 0) is 36.6 Å². The van der Waals surface area contributed by atoms with Crippen molar-refractivity contribution in [2.75, 3.05) is 6.54 Å². The maximum absolute atomic E-state index is 12.8. The van der Waals surface area contributed by atoms with Gasteiger partial charge in [0.25, 0.3) is 5.91 Å². The number of aromatic nitrogens is 2. The monoisotopic (exact) mass is 383 g/mol. The summed E-state index contributed by atoms with van der Waals surface area (Å²) in [5.41, 5.74) is 1.06. The van der Waals surface area contributed by atoms with Crippen molar-refractivity contribution in [3.05, 3.63) is 86.9 Å². The van der Waals surface area contributed by atoms with E-state index in [0.29, 0.717) is 23.9 Å². The quantitative estimate of drug-likeness (QED) is 0.746. The molecule has 138 valence electrons. The van der Waals surface area contributed by atoms with Crippen LogP contribution in [0.15, 0.2) is 57.9 Å². The van der Waals surface area contributed by atoms with Crippen molar-refractivity contribution in [3.8, 4) is 0 Å². The third kappa shape index (κ3) is 3.80. The van der Waals surface area contributed by atoms with E-state index in [0.717, 1.165) is 24.2 Å². The predicted octanol–water partition coefficient (Wildman–Crippen LogP) is 3.58. The number of pyridine rings is 1. The summed E-state index contributed by atoms with van der Waals surface area (Å²) in [6.07, 6.45) is 3.96. The normalized spacial score (nSPS) is 16.6. The highest BCUT2D eigenvalue weighted by Gasteiger charge is 2.34. The number of likely N-dealkylation sites (tertiary alicyclic amines) is 1. The third-order valence-electron chi connectivity index (χ3n) is 4.66. The summed E-state index contributed by atoms with van der Waals surface area (Å²) in [7, 11) is 0. The Morgan fingerprint density at radius 1 is 1.26 bits per heavy atom. The van der Waals surface area contributed by atoms with Gasteiger partial charge in [0.15, 0.2) is 0 Å². The molecule has 1 N–H and O–H groups in total. The number of H-pyrrole nitrogens is 1. The molecule has 1 saturated heterocycles. The van der Waals surface area contributed by atoms with Crippen molar-refractivity contribution >= 4 is 17.5 Å². The summed E-state index contributed by atoms with van der Waals surface area (Å²) in [5.74, 6) is 1.05. The molecule has 1 fully saturated rings. The van der Waals surface area contributed by atoms with Crippen LogP contribution in [0.4, 0.5) is 0 Å². The molecule has 2 aromatic heterocycles. The number of oxazole rings is 1. The number of halogens is 1. The van der Waals surface area contributed by atoms with Crippen molar-refractivity contribution < 1.29 is 9.21 Å². The minimum Gasteiger partial charge on any atom is -0.443 e. The van der Waals surface area contributed by atoms with E-state index in [4.69, 9.17) is 16.0 Å². The SMILES string of the molecule is O=C(c1cccc(=O)[nH]1)N1CCCC1c1ncc(Cc2ccc(Cl)cc2)o1. The molecule has 3 heterocycles. The number of carbonyl (C=O) groups excluding carboxylic acids is 1. The Balaban J connectivity index is 1.52. The first-order valence-electron chi connectivity index (χ1n) is 8.79. The lowest BCUT2D eigenvalue weighted by molar-refractivity contribution is 0.0708. The van der Waals surface area contributed by atoms with Crippen molar-refractivity contribution in [1.29, 1.82) is 0 Å². The number of amides is 1. The Labute approximate surface area is 160 Å². The molecule has 0 spiro atoms. The van der Waals surface area contributed by atoms with Crippen LogP contribution >= 0.6 is 11.6 Å². The van der Waals surface area contributed by atoms with Gasteiger partial charge in [0.2, 0.25) is 11.4 Å². The summed E-state index contributed by atoms with van der Waals surface area (Å²) in [6.45, 7) is 0.606. The number of nitrogens with one attached hydrogen (secondary N) is 1. The third-order valence-corrected chi connectivity index (χ3v) is 4.91. The van der Waals surface area contributed by atoms with Crippen molar-refractivity contribution in [2.45, 2.75) is 25.3 Å². The summed E-state index contributed by atoms with van der Waals surface area (Å²) < 4.78 is 5.93. The zero-order valence-corrected chi connectivity index (χ0v) is 15.3.